The van der Waals surface area contributed by atoms with E-state index in [1.807, 2.05) is 4.90 Å². The molecule has 8 nitrogen and oxygen atoms in total. The van der Waals surface area contributed by atoms with Crippen LogP contribution in [-0.4, -0.2) is 64.7 Å². The van der Waals surface area contributed by atoms with E-state index in [1.165, 1.54) is 0 Å². The van der Waals surface area contributed by atoms with Gasteiger partial charge in [0.25, 0.3) is 11.8 Å². The van der Waals surface area contributed by atoms with Gasteiger partial charge in [-0.05, 0) is 63.3 Å². The van der Waals surface area contributed by atoms with E-state index in [2.05, 4.69) is 5.32 Å². The molecule has 8 heteroatoms. The van der Waals surface area contributed by atoms with E-state index in [4.69, 9.17) is 9.84 Å². The number of carboxylic acids is 1. The number of piperidine rings is 1. The summed E-state index contributed by atoms with van der Waals surface area (Å²) in [5, 5.41) is 21.0. The summed E-state index contributed by atoms with van der Waals surface area (Å²) in [6.07, 6.45) is 3.18. The number of ether oxygens (including phenoxy) is 1. The first-order chi connectivity index (χ1) is 13.1. The highest BCUT2D eigenvalue weighted by Crippen LogP contribution is 2.25. The first-order valence-corrected chi connectivity index (χ1v) is 9.37. The Hall–Kier alpha value is -2.61. The average Bonchev–Trinajstić information content (AvgIpc) is 2.65. The molecule has 0 bridgehead atoms. The zero-order chi connectivity index (χ0) is 20.9. The monoisotopic (exact) mass is 392 g/mol. The molecular formula is C20H28N2O6. The van der Waals surface area contributed by atoms with Gasteiger partial charge in [-0.2, -0.15) is 0 Å². The first-order valence-electron chi connectivity index (χ1n) is 9.37. The van der Waals surface area contributed by atoms with Gasteiger partial charge in [-0.15, -0.1) is 0 Å². The Balaban J connectivity index is 2.00. The van der Waals surface area contributed by atoms with Crippen molar-refractivity contribution in [2.45, 2.75) is 45.6 Å². The maximum Gasteiger partial charge on any atom is 0.337 e. The number of amides is 2. The molecule has 0 spiro atoms. The Bertz CT molecular complexity index is 730. The normalized spacial score (nSPS) is 16.2. The highest BCUT2D eigenvalue weighted by atomic mass is 16.5. The summed E-state index contributed by atoms with van der Waals surface area (Å²) in [7, 11) is 0. The van der Waals surface area contributed by atoms with E-state index in [9.17, 15) is 19.5 Å². The zero-order valence-corrected chi connectivity index (χ0v) is 16.6. The van der Waals surface area contributed by atoms with Crippen LogP contribution in [0.3, 0.4) is 0 Å². The van der Waals surface area contributed by atoms with Crippen LogP contribution in [0.4, 0.5) is 0 Å². The number of aryl methyl sites for hydroxylation is 2. The Labute approximate surface area is 164 Å². The maximum atomic E-state index is 12.3. The summed E-state index contributed by atoms with van der Waals surface area (Å²) in [6.45, 7) is 5.73. The van der Waals surface area contributed by atoms with Crippen molar-refractivity contribution in [2.24, 2.45) is 0 Å². The summed E-state index contributed by atoms with van der Waals surface area (Å²) in [6, 6.07) is 3.22. The zero-order valence-electron chi connectivity index (χ0n) is 16.6. The predicted molar refractivity (Wildman–Crippen MR) is 102 cm³/mol. The van der Waals surface area contributed by atoms with E-state index in [-0.39, 0.29) is 12.5 Å². The fraction of sp³-hybridized carbons (Fsp3) is 0.550. The van der Waals surface area contributed by atoms with Crippen LogP contribution in [0.25, 0.3) is 0 Å². The fourth-order valence-corrected chi connectivity index (χ4v) is 3.11. The number of nitrogens with one attached hydrogen (secondary N) is 1. The summed E-state index contributed by atoms with van der Waals surface area (Å²) in [4.78, 5) is 37.3. The van der Waals surface area contributed by atoms with Crippen molar-refractivity contribution >= 4 is 17.8 Å². The van der Waals surface area contributed by atoms with Crippen LogP contribution in [0.1, 0.15) is 47.7 Å². The maximum absolute atomic E-state index is 12.3. The number of carbonyl (C=O) groups is 3. The molecular weight excluding hydrogens is 364 g/mol. The Morgan fingerprint density at radius 2 is 1.71 bits per heavy atom. The summed E-state index contributed by atoms with van der Waals surface area (Å²) >= 11 is 0. The van der Waals surface area contributed by atoms with Crippen LogP contribution in [0, 0.1) is 13.8 Å². The Morgan fingerprint density at radius 3 is 2.25 bits per heavy atom. The Morgan fingerprint density at radius 1 is 1.14 bits per heavy atom. The van der Waals surface area contributed by atoms with E-state index < -0.39 is 24.0 Å². The number of hydrogen-bond donors (Lipinski definition) is 3. The van der Waals surface area contributed by atoms with Gasteiger partial charge in [0.2, 0.25) is 0 Å². The molecule has 1 heterocycles. The number of benzene rings is 1. The van der Waals surface area contributed by atoms with Crippen molar-refractivity contribution in [3.05, 3.63) is 28.8 Å². The third-order valence-electron chi connectivity index (χ3n) is 4.83. The highest BCUT2D eigenvalue weighted by Gasteiger charge is 2.30. The summed E-state index contributed by atoms with van der Waals surface area (Å²) in [5.41, 5.74) is -0.327. The molecule has 0 aliphatic carbocycles. The lowest BCUT2D eigenvalue weighted by molar-refractivity contribution is -0.155. The molecule has 0 radical (unpaired) electrons. The lowest BCUT2D eigenvalue weighted by Crippen LogP contribution is -2.46. The SMILES string of the molecule is Cc1cc(C(=O)NCC(C)(O)C(=O)O)cc(C)c1OCC(=O)N1CCCCC1. The summed E-state index contributed by atoms with van der Waals surface area (Å²) < 4.78 is 5.72. The van der Waals surface area contributed by atoms with Gasteiger partial charge < -0.3 is 25.2 Å². The summed E-state index contributed by atoms with van der Waals surface area (Å²) in [5.74, 6) is -1.40. The number of rotatable bonds is 7. The molecule has 1 fully saturated rings. The highest BCUT2D eigenvalue weighted by molar-refractivity contribution is 5.95. The lowest BCUT2D eigenvalue weighted by atomic mass is 10.0. The lowest BCUT2D eigenvalue weighted by Gasteiger charge is -2.27. The quantitative estimate of drug-likeness (QED) is 0.643. The molecule has 1 aliphatic heterocycles. The van der Waals surface area contributed by atoms with Gasteiger partial charge in [0.1, 0.15) is 5.75 Å². The molecule has 1 atom stereocenters. The topological polar surface area (TPSA) is 116 Å². The van der Waals surface area contributed by atoms with E-state index in [0.29, 0.717) is 22.4 Å². The average molecular weight is 392 g/mol. The minimum absolute atomic E-state index is 0.0452. The molecule has 3 N–H and O–H groups in total. The van der Waals surface area contributed by atoms with Crippen molar-refractivity contribution in [2.75, 3.05) is 26.2 Å². The first kappa shape index (κ1) is 21.7. The second-order valence-electron chi connectivity index (χ2n) is 7.43. The van der Waals surface area contributed by atoms with Gasteiger partial charge in [-0.3, -0.25) is 9.59 Å². The van der Waals surface area contributed by atoms with Crippen LogP contribution >= 0.6 is 0 Å². The van der Waals surface area contributed by atoms with Crippen molar-refractivity contribution < 1.29 is 29.3 Å². The number of hydrogen-bond acceptors (Lipinski definition) is 5. The molecule has 1 aliphatic rings. The number of aliphatic hydroxyl groups is 1. The minimum Gasteiger partial charge on any atom is -0.483 e. The van der Waals surface area contributed by atoms with Gasteiger partial charge in [-0.25, -0.2) is 4.79 Å². The van der Waals surface area contributed by atoms with Gasteiger partial charge in [0.05, 0.1) is 6.54 Å². The van der Waals surface area contributed by atoms with Crippen molar-refractivity contribution in [3.63, 3.8) is 0 Å². The van der Waals surface area contributed by atoms with Crippen LogP contribution in [0.5, 0.6) is 5.75 Å². The van der Waals surface area contributed by atoms with Gasteiger partial charge in [-0.1, -0.05) is 0 Å². The van der Waals surface area contributed by atoms with Crippen molar-refractivity contribution in [1.82, 2.24) is 10.2 Å². The number of nitrogens with zero attached hydrogens (tertiary/aromatic N) is 1. The molecule has 2 rings (SSSR count). The van der Waals surface area contributed by atoms with Crippen LogP contribution in [-0.2, 0) is 9.59 Å². The molecule has 0 aromatic heterocycles. The van der Waals surface area contributed by atoms with Gasteiger partial charge in [0.15, 0.2) is 12.2 Å². The number of carbonyl (C=O) groups excluding carboxylic acids is 2. The smallest absolute Gasteiger partial charge is 0.337 e. The number of likely N-dealkylation sites (tertiary alicyclic amines) is 1. The van der Waals surface area contributed by atoms with Crippen LogP contribution in [0.15, 0.2) is 12.1 Å². The van der Waals surface area contributed by atoms with E-state index in [1.54, 1.807) is 26.0 Å². The second kappa shape index (κ2) is 9.05. The molecule has 1 unspecified atom stereocenters. The molecule has 1 saturated heterocycles. The standard InChI is InChI=1S/C20H28N2O6/c1-13-9-15(18(24)21-12-20(3,27)19(25)26)10-14(2)17(13)28-11-16(23)22-7-5-4-6-8-22/h9-10,27H,4-8,11-12H2,1-3H3,(H,21,24)(H,25,26). The molecule has 2 amide bonds. The second-order valence-corrected chi connectivity index (χ2v) is 7.43. The number of aliphatic carboxylic acids is 1. The predicted octanol–water partition coefficient (Wildman–Crippen LogP) is 1.26. The number of carboxylic acid groups (broad SMARTS) is 1. The van der Waals surface area contributed by atoms with Gasteiger partial charge in [0, 0.05) is 18.7 Å². The largest absolute Gasteiger partial charge is 0.483 e. The third kappa shape index (κ3) is 5.45. The minimum atomic E-state index is -2.04. The fourth-order valence-electron chi connectivity index (χ4n) is 3.11. The third-order valence-corrected chi connectivity index (χ3v) is 4.83. The Kier molecular flexibility index (Phi) is 7.01. The molecule has 1 aromatic carbocycles. The van der Waals surface area contributed by atoms with Crippen molar-refractivity contribution in [3.8, 4) is 5.75 Å². The van der Waals surface area contributed by atoms with E-state index >= 15 is 0 Å². The molecule has 28 heavy (non-hydrogen) atoms. The van der Waals surface area contributed by atoms with Crippen molar-refractivity contribution in [1.29, 1.82) is 0 Å². The van der Waals surface area contributed by atoms with Gasteiger partial charge >= 0.3 is 5.97 Å². The molecule has 1 aromatic rings. The molecule has 154 valence electrons. The molecule has 0 saturated carbocycles. The van der Waals surface area contributed by atoms with Crippen LogP contribution in [0.2, 0.25) is 0 Å². The van der Waals surface area contributed by atoms with Crippen LogP contribution < -0.4 is 10.1 Å². The van der Waals surface area contributed by atoms with E-state index in [0.717, 1.165) is 39.3 Å².